The van der Waals surface area contributed by atoms with Crippen LogP contribution >= 0.6 is 0 Å². The lowest BCUT2D eigenvalue weighted by molar-refractivity contribution is 0.452. The van der Waals surface area contributed by atoms with Crippen molar-refractivity contribution in [3.05, 3.63) is 29.6 Å². The Morgan fingerprint density at radius 3 is 2.71 bits per heavy atom. The molecule has 0 aliphatic heterocycles. The molecular formula is C12H18N2. The molecule has 0 saturated heterocycles. The average molecular weight is 190 g/mol. The summed E-state index contributed by atoms with van der Waals surface area (Å²) in [6.07, 6.45) is 7.03. The molecule has 0 radical (unpaired) electrons. The molecule has 2 rings (SSSR count). The number of hydrogen-bond donors (Lipinski definition) is 1. The number of aromatic nitrogens is 1. The van der Waals surface area contributed by atoms with E-state index in [0.717, 1.165) is 12.2 Å². The van der Waals surface area contributed by atoms with Gasteiger partial charge in [0.05, 0.1) is 0 Å². The van der Waals surface area contributed by atoms with E-state index in [9.17, 15) is 0 Å². The van der Waals surface area contributed by atoms with Gasteiger partial charge in [0.1, 0.15) is 0 Å². The van der Waals surface area contributed by atoms with Crippen molar-refractivity contribution in [1.82, 2.24) is 4.98 Å². The number of nitrogens with two attached hydrogens (primary N) is 1. The zero-order chi connectivity index (χ0) is 10.0. The van der Waals surface area contributed by atoms with Crippen molar-refractivity contribution >= 4 is 0 Å². The Morgan fingerprint density at radius 2 is 2.14 bits per heavy atom. The summed E-state index contributed by atoms with van der Waals surface area (Å²) in [6, 6.07) is 4.32. The first-order valence-corrected chi connectivity index (χ1v) is 5.40. The Morgan fingerprint density at radius 1 is 1.43 bits per heavy atom. The second kappa shape index (κ2) is 3.70. The largest absolute Gasteiger partial charge is 0.330 e. The summed E-state index contributed by atoms with van der Waals surface area (Å²) >= 11 is 0. The van der Waals surface area contributed by atoms with Crippen LogP contribution in [0, 0.1) is 6.92 Å². The highest BCUT2D eigenvalue weighted by molar-refractivity contribution is 5.27. The van der Waals surface area contributed by atoms with Gasteiger partial charge >= 0.3 is 0 Å². The molecule has 1 aliphatic carbocycles. The van der Waals surface area contributed by atoms with E-state index in [1.165, 1.54) is 31.2 Å². The molecule has 14 heavy (non-hydrogen) atoms. The second-order valence-corrected chi connectivity index (χ2v) is 4.38. The second-order valence-electron chi connectivity index (χ2n) is 4.38. The minimum atomic E-state index is 0.258. The standard InChI is InChI=1S/C12H18N2/c1-10-8-11(4-7-14-10)12(9-13)5-2-3-6-12/h4,7-8H,2-3,5-6,9,13H2,1H3. The van der Waals surface area contributed by atoms with E-state index in [2.05, 4.69) is 17.1 Å². The first-order chi connectivity index (χ1) is 6.77. The van der Waals surface area contributed by atoms with Crippen LogP contribution in [0.2, 0.25) is 0 Å². The van der Waals surface area contributed by atoms with Gasteiger partial charge in [0, 0.05) is 23.9 Å². The maximum Gasteiger partial charge on any atom is 0.0375 e. The molecular weight excluding hydrogens is 172 g/mol. The van der Waals surface area contributed by atoms with Crippen LogP contribution in [0.5, 0.6) is 0 Å². The maximum absolute atomic E-state index is 5.93. The molecule has 76 valence electrons. The Bertz CT molecular complexity index is 314. The van der Waals surface area contributed by atoms with Gasteiger partial charge in [-0.3, -0.25) is 4.98 Å². The predicted octanol–water partition coefficient (Wildman–Crippen LogP) is 2.16. The lowest BCUT2D eigenvalue weighted by atomic mass is 9.79. The molecule has 2 N–H and O–H groups in total. The van der Waals surface area contributed by atoms with Gasteiger partial charge in [0.2, 0.25) is 0 Å². The van der Waals surface area contributed by atoms with Crippen LogP contribution in [0.3, 0.4) is 0 Å². The zero-order valence-electron chi connectivity index (χ0n) is 8.79. The van der Waals surface area contributed by atoms with Crippen molar-refractivity contribution in [3.8, 4) is 0 Å². The van der Waals surface area contributed by atoms with Crippen molar-refractivity contribution in [3.63, 3.8) is 0 Å². The highest BCUT2D eigenvalue weighted by Gasteiger charge is 2.34. The van der Waals surface area contributed by atoms with Gasteiger partial charge in [-0.1, -0.05) is 12.8 Å². The summed E-state index contributed by atoms with van der Waals surface area (Å²) in [6.45, 7) is 2.82. The SMILES string of the molecule is Cc1cc(C2(CN)CCCC2)ccn1. The first kappa shape index (κ1) is 9.66. The number of aryl methyl sites for hydroxylation is 1. The number of rotatable bonds is 2. The third-order valence-corrected chi connectivity index (χ3v) is 3.46. The highest BCUT2D eigenvalue weighted by Crippen LogP contribution is 2.40. The molecule has 0 amide bonds. The predicted molar refractivity (Wildman–Crippen MR) is 58.2 cm³/mol. The molecule has 1 aliphatic rings. The fourth-order valence-electron chi connectivity index (χ4n) is 2.54. The minimum Gasteiger partial charge on any atom is -0.330 e. The smallest absolute Gasteiger partial charge is 0.0375 e. The van der Waals surface area contributed by atoms with Crippen LogP contribution in [-0.2, 0) is 5.41 Å². The molecule has 0 unspecified atom stereocenters. The summed E-state index contributed by atoms with van der Waals surface area (Å²) in [5.74, 6) is 0. The van der Waals surface area contributed by atoms with E-state index in [-0.39, 0.29) is 5.41 Å². The van der Waals surface area contributed by atoms with Crippen molar-refractivity contribution in [2.24, 2.45) is 5.73 Å². The van der Waals surface area contributed by atoms with Crippen molar-refractivity contribution in [2.75, 3.05) is 6.54 Å². The van der Waals surface area contributed by atoms with Gasteiger partial charge in [-0.15, -0.1) is 0 Å². The third-order valence-electron chi connectivity index (χ3n) is 3.46. The van der Waals surface area contributed by atoms with E-state index in [1.807, 2.05) is 13.1 Å². The summed E-state index contributed by atoms with van der Waals surface area (Å²) in [5, 5.41) is 0. The van der Waals surface area contributed by atoms with Gasteiger partial charge in [0.15, 0.2) is 0 Å². The molecule has 1 saturated carbocycles. The normalized spacial score (nSPS) is 19.9. The molecule has 2 nitrogen and oxygen atoms in total. The Kier molecular flexibility index (Phi) is 2.55. The lowest BCUT2D eigenvalue weighted by Gasteiger charge is -2.27. The van der Waals surface area contributed by atoms with Crippen molar-refractivity contribution in [2.45, 2.75) is 38.0 Å². The fourth-order valence-corrected chi connectivity index (χ4v) is 2.54. The highest BCUT2D eigenvalue weighted by atomic mass is 14.7. The van der Waals surface area contributed by atoms with Crippen molar-refractivity contribution in [1.29, 1.82) is 0 Å². The summed E-state index contributed by atoms with van der Waals surface area (Å²) in [5.41, 5.74) is 8.68. The molecule has 0 spiro atoms. The number of nitrogens with zero attached hydrogens (tertiary/aromatic N) is 1. The van der Waals surface area contributed by atoms with Crippen LogP contribution in [0.15, 0.2) is 18.3 Å². The zero-order valence-corrected chi connectivity index (χ0v) is 8.79. The third kappa shape index (κ3) is 1.55. The number of pyridine rings is 1. The quantitative estimate of drug-likeness (QED) is 0.776. The molecule has 1 aromatic heterocycles. The Hall–Kier alpha value is -0.890. The van der Waals surface area contributed by atoms with E-state index in [0.29, 0.717) is 0 Å². The van der Waals surface area contributed by atoms with E-state index < -0.39 is 0 Å². The van der Waals surface area contributed by atoms with Gasteiger partial charge in [-0.25, -0.2) is 0 Å². The van der Waals surface area contributed by atoms with E-state index in [4.69, 9.17) is 5.73 Å². The maximum atomic E-state index is 5.93. The van der Waals surface area contributed by atoms with Gasteiger partial charge in [-0.05, 0) is 37.5 Å². The summed E-state index contributed by atoms with van der Waals surface area (Å²) < 4.78 is 0. The fraction of sp³-hybridized carbons (Fsp3) is 0.583. The van der Waals surface area contributed by atoms with Gasteiger partial charge in [0.25, 0.3) is 0 Å². The molecule has 1 fully saturated rings. The van der Waals surface area contributed by atoms with Crippen LogP contribution in [0.1, 0.15) is 36.9 Å². The Labute approximate surface area is 85.5 Å². The van der Waals surface area contributed by atoms with Crippen molar-refractivity contribution < 1.29 is 0 Å². The monoisotopic (exact) mass is 190 g/mol. The first-order valence-electron chi connectivity index (χ1n) is 5.40. The van der Waals surface area contributed by atoms with Crippen LogP contribution in [0.4, 0.5) is 0 Å². The minimum absolute atomic E-state index is 0.258. The van der Waals surface area contributed by atoms with Gasteiger partial charge < -0.3 is 5.73 Å². The topological polar surface area (TPSA) is 38.9 Å². The number of hydrogen-bond acceptors (Lipinski definition) is 2. The van der Waals surface area contributed by atoms with Gasteiger partial charge in [-0.2, -0.15) is 0 Å². The van der Waals surface area contributed by atoms with E-state index in [1.54, 1.807) is 0 Å². The molecule has 0 bridgehead atoms. The van der Waals surface area contributed by atoms with Crippen LogP contribution in [-0.4, -0.2) is 11.5 Å². The van der Waals surface area contributed by atoms with Crippen LogP contribution in [0.25, 0.3) is 0 Å². The summed E-state index contributed by atoms with van der Waals surface area (Å²) in [7, 11) is 0. The Balaban J connectivity index is 2.35. The van der Waals surface area contributed by atoms with E-state index >= 15 is 0 Å². The molecule has 0 atom stereocenters. The molecule has 2 heteroatoms. The van der Waals surface area contributed by atoms with Crippen LogP contribution < -0.4 is 5.73 Å². The molecule has 0 aromatic carbocycles. The molecule has 1 aromatic rings. The summed E-state index contributed by atoms with van der Waals surface area (Å²) in [4.78, 5) is 4.24. The average Bonchev–Trinajstić information content (AvgIpc) is 2.67. The molecule has 1 heterocycles. The lowest BCUT2D eigenvalue weighted by Crippen LogP contribution is -2.32.